The Morgan fingerprint density at radius 2 is 2.07 bits per heavy atom. The van der Waals surface area contributed by atoms with Gasteiger partial charge in [-0.2, -0.15) is 0 Å². The fraction of sp³-hybridized carbons (Fsp3) is 0.769. The number of allylic oxidation sites excluding steroid dienone is 2. The molecule has 86 valence electrons. The molecular weight excluding hydrogens is 188 g/mol. The molecule has 1 aliphatic rings. The predicted octanol–water partition coefficient (Wildman–Crippen LogP) is 3.32. The first-order chi connectivity index (χ1) is 7.27. The van der Waals surface area contributed by atoms with Crippen LogP contribution in [0.25, 0.3) is 0 Å². The van der Waals surface area contributed by atoms with E-state index in [2.05, 4.69) is 19.1 Å². The molecule has 0 radical (unpaired) electrons. The molecule has 2 nitrogen and oxygen atoms in total. The lowest BCUT2D eigenvalue weighted by molar-refractivity contribution is -0.142. The standard InChI is InChI=1S/C13H22O2/c1-3-4-5-7-11-8-6-9-12(11)10-13(14)15-2/h4-5,11-12H,3,6-10H2,1-2H3/b5-4-. The van der Waals surface area contributed by atoms with Gasteiger partial charge in [-0.3, -0.25) is 4.79 Å². The van der Waals surface area contributed by atoms with Gasteiger partial charge in [0, 0.05) is 6.42 Å². The van der Waals surface area contributed by atoms with Gasteiger partial charge in [0.1, 0.15) is 0 Å². The smallest absolute Gasteiger partial charge is 0.305 e. The monoisotopic (exact) mass is 210 g/mol. The Morgan fingerprint density at radius 1 is 1.33 bits per heavy atom. The molecule has 2 unspecified atom stereocenters. The molecule has 0 saturated heterocycles. The van der Waals surface area contributed by atoms with E-state index in [4.69, 9.17) is 4.74 Å². The Hall–Kier alpha value is -0.790. The molecule has 0 spiro atoms. The fourth-order valence-electron chi connectivity index (χ4n) is 2.43. The van der Waals surface area contributed by atoms with Crippen LogP contribution in [0.2, 0.25) is 0 Å². The third-order valence-corrected chi connectivity index (χ3v) is 3.31. The summed E-state index contributed by atoms with van der Waals surface area (Å²) in [7, 11) is 1.48. The number of esters is 1. The van der Waals surface area contributed by atoms with Crippen molar-refractivity contribution in [3.63, 3.8) is 0 Å². The van der Waals surface area contributed by atoms with E-state index < -0.39 is 0 Å². The second kappa shape index (κ2) is 6.65. The van der Waals surface area contributed by atoms with Crippen LogP contribution in [0.5, 0.6) is 0 Å². The highest BCUT2D eigenvalue weighted by molar-refractivity contribution is 5.69. The Balaban J connectivity index is 2.35. The molecule has 2 atom stereocenters. The summed E-state index contributed by atoms with van der Waals surface area (Å²) in [5.41, 5.74) is 0. The Kier molecular flexibility index (Phi) is 5.44. The molecule has 0 aromatic rings. The number of ether oxygens (including phenoxy) is 1. The van der Waals surface area contributed by atoms with Crippen LogP contribution in [-0.4, -0.2) is 13.1 Å². The van der Waals surface area contributed by atoms with Gasteiger partial charge in [-0.05, 0) is 37.5 Å². The predicted molar refractivity (Wildman–Crippen MR) is 61.5 cm³/mol. The molecule has 1 saturated carbocycles. The van der Waals surface area contributed by atoms with Crippen molar-refractivity contribution in [1.82, 2.24) is 0 Å². The van der Waals surface area contributed by atoms with E-state index in [0.29, 0.717) is 18.3 Å². The molecule has 0 bridgehead atoms. The number of carbonyl (C=O) groups is 1. The van der Waals surface area contributed by atoms with E-state index in [1.807, 2.05) is 0 Å². The van der Waals surface area contributed by atoms with Crippen molar-refractivity contribution in [1.29, 1.82) is 0 Å². The minimum atomic E-state index is -0.0497. The van der Waals surface area contributed by atoms with Gasteiger partial charge in [-0.15, -0.1) is 0 Å². The summed E-state index contributed by atoms with van der Waals surface area (Å²) in [5.74, 6) is 1.21. The van der Waals surface area contributed by atoms with Crippen LogP contribution in [0.3, 0.4) is 0 Å². The first kappa shape index (κ1) is 12.3. The van der Waals surface area contributed by atoms with E-state index in [9.17, 15) is 4.79 Å². The highest BCUT2D eigenvalue weighted by atomic mass is 16.5. The van der Waals surface area contributed by atoms with Crippen LogP contribution >= 0.6 is 0 Å². The molecule has 15 heavy (non-hydrogen) atoms. The molecule has 0 N–H and O–H groups in total. The summed E-state index contributed by atoms with van der Waals surface area (Å²) in [4.78, 5) is 11.2. The number of carbonyl (C=O) groups excluding carboxylic acids is 1. The summed E-state index contributed by atoms with van der Waals surface area (Å²) in [6.07, 6.45) is 11.1. The third kappa shape index (κ3) is 4.06. The zero-order valence-electron chi connectivity index (χ0n) is 9.87. The summed E-state index contributed by atoms with van der Waals surface area (Å²) in [5, 5.41) is 0. The molecule has 0 aromatic carbocycles. The highest BCUT2D eigenvalue weighted by Gasteiger charge is 2.28. The van der Waals surface area contributed by atoms with Gasteiger partial charge in [-0.1, -0.05) is 25.5 Å². The first-order valence-corrected chi connectivity index (χ1v) is 5.99. The van der Waals surface area contributed by atoms with Crippen molar-refractivity contribution in [2.45, 2.75) is 45.4 Å². The van der Waals surface area contributed by atoms with Crippen LogP contribution in [0.1, 0.15) is 45.4 Å². The van der Waals surface area contributed by atoms with Gasteiger partial charge in [0.25, 0.3) is 0 Å². The highest BCUT2D eigenvalue weighted by Crippen LogP contribution is 2.36. The van der Waals surface area contributed by atoms with Crippen LogP contribution in [-0.2, 0) is 9.53 Å². The van der Waals surface area contributed by atoms with Gasteiger partial charge in [0.15, 0.2) is 0 Å². The summed E-state index contributed by atoms with van der Waals surface area (Å²) in [6, 6.07) is 0. The molecule has 2 heteroatoms. The maximum absolute atomic E-state index is 11.2. The second-order valence-corrected chi connectivity index (χ2v) is 4.35. The van der Waals surface area contributed by atoms with Crippen molar-refractivity contribution >= 4 is 5.97 Å². The van der Waals surface area contributed by atoms with Crippen LogP contribution < -0.4 is 0 Å². The van der Waals surface area contributed by atoms with Gasteiger partial charge in [0.2, 0.25) is 0 Å². The fourth-order valence-corrected chi connectivity index (χ4v) is 2.43. The summed E-state index contributed by atoms with van der Waals surface area (Å²) < 4.78 is 4.73. The quantitative estimate of drug-likeness (QED) is 0.514. The normalized spacial score (nSPS) is 26.0. The average molecular weight is 210 g/mol. The van der Waals surface area contributed by atoms with Crippen molar-refractivity contribution in [3.8, 4) is 0 Å². The summed E-state index contributed by atoms with van der Waals surface area (Å²) >= 11 is 0. The van der Waals surface area contributed by atoms with Crippen molar-refractivity contribution < 1.29 is 9.53 Å². The Labute approximate surface area is 92.7 Å². The molecule has 0 aliphatic heterocycles. The lowest BCUT2D eigenvalue weighted by atomic mass is 9.90. The van der Waals surface area contributed by atoms with Crippen LogP contribution in [0, 0.1) is 11.8 Å². The van der Waals surface area contributed by atoms with Gasteiger partial charge >= 0.3 is 5.97 Å². The maximum atomic E-state index is 11.2. The first-order valence-electron chi connectivity index (χ1n) is 5.99. The van der Waals surface area contributed by atoms with E-state index in [0.717, 1.165) is 12.8 Å². The summed E-state index contributed by atoms with van der Waals surface area (Å²) in [6.45, 7) is 2.15. The average Bonchev–Trinajstić information content (AvgIpc) is 2.66. The largest absolute Gasteiger partial charge is 0.469 e. The second-order valence-electron chi connectivity index (χ2n) is 4.35. The Morgan fingerprint density at radius 3 is 2.73 bits per heavy atom. The van der Waals surface area contributed by atoms with Crippen molar-refractivity contribution in [2.24, 2.45) is 11.8 Å². The minimum absolute atomic E-state index is 0.0497. The number of methoxy groups -OCH3 is 1. The molecule has 0 aromatic heterocycles. The molecule has 1 rings (SSSR count). The molecule has 1 aliphatic carbocycles. The molecular formula is C13H22O2. The number of rotatable bonds is 5. The Bertz CT molecular complexity index is 221. The van der Waals surface area contributed by atoms with Crippen molar-refractivity contribution in [3.05, 3.63) is 12.2 Å². The number of hydrogen-bond acceptors (Lipinski definition) is 2. The van der Waals surface area contributed by atoms with Gasteiger partial charge in [-0.25, -0.2) is 0 Å². The van der Waals surface area contributed by atoms with Gasteiger partial charge < -0.3 is 4.74 Å². The maximum Gasteiger partial charge on any atom is 0.305 e. The van der Waals surface area contributed by atoms with E-state index in [1.165, 1.54) is 26.4 Å². The van der Waals surface area contributed by atoms with E-state index in [-0.39, 0.29) is 5.97 Å². The lowest BCUT2D eigenvalue weighted by Crippen LogP contribution is -2.13. The topological polar surface area (TPSA) is 26.3 Å². The third-order valence-electron chi connectivity index (χ3n) is 3.31. The lowest BCUT2D eigenvalue weighted by Gasteiger charge is -2.16. The van der Waals surface area contributed by atoms with Crippen LogP contribution in [0.4, 0.5) is 0 Å². The van der Waals surface area contributed by atoms with E-state index >= 15 is 0 Å². The minimum Gasteiger partial charge on any atom is -0.469 e. The van der Waals surface area contributed by atoms with Crippen molar-refractivity contribution in [2.75, 3.05) is 7.11 Å². The molecule has 0 heterocycles. The zero-order valence-corrected chi connectivity index (χ0v) is 9.87. The van der Waals surface area contributed by atoms with Crippen LogP contribution in [0.15, 0.2) is 12.2 Å². The van der Waals surface area contributed by atoms with Gasteiger partial charge in [0.05, 0.1) is 7.11 Å². The molecule has 0 amide bonds. The number of hydrogen-bond donors (Lipinski definition) is 0. The SMILES string of the molecule is CC/C=C\CC1CCCC1CC(=O)OC. The molecule has 1 fully saturated rings. The van der Waals surface area contributed by atoms with E-state index in [1.54, 1.807) is 0 Å². The zero-order chi connectivity index (χ0) is 11.1.